The quantitative estimate of drug-likeness (QED) is 0.745. The van der Waals surface area contributed by atoms with Crippen LogP contribution in [-0.2, 0) is 20.7 Å². The van der Waals surface area contributed by atoms with Gasteiger partial charge in [0.05, 0.1) is 19.6 Å². The summed E-state index contributed by atoms with van der Waals surface area (Å²) in [5.41, 5.74) is 0.665. The van der Waals surface area contributed by atoms with E-state index in [0.717, 1.165) is 4.88 Å². The number of carbonyl (C=O) groups excluding carboxylic acids is 1. The highest BCUT2D eigenvalue weighted by molar-refractivity contribution is 7.15. The Balaban J connectivity index is 1.34. The first-order valence-electron chi connectivity index (χ1n) is 9.19. The Hall–Kier alpha value is -2.17. The fourth-order valence-corrected chi connectivity index (χ4v) is 4.37. The second-order valence-corrected chi connectivity index (χ2v) is 7.98. The number of likely N-dealkylation sites (tertiary alicyclic amines) is 1. The van der Waals surface area contributed by atoms with Crippen LogP contribution in [0.25, 0.3) is 10.6 Å². The molecule has 0 unspecified atom stereocenters. The molecule has 10 heteroatoms. The van der Waals surface area contributed by atoms with Crippen LogP contribution in [0, 0.1) is 0 Å². The van der Waals surface area contributed by atoms with Gasteiger partial charge in [-0.25, -0.2) is 4.98 Å². The maximum absolute atomic E-state index is 12.6. The van der Waals surface area contributed by atoms with Gasteiger partial charge in [0.25, 0.3) is 0 Å². The molecule has 2 saturated heterocycles. The van der Waals surface area contributed by atoms with Gasteiger partial charge in [0.1, 0.15) is 10.8 Å². The minimum absolute atomic E-state index is 0.0157. The third-order valence-electron chi connectivity index (χ3n) is 4.91. The first-order valence-corrected chi connectivity index (χ1v) is 10.0. The second-order valence-electron chi connectivity index (χ2n) is 6.87. The Bertz CT molecular complexity index is 853. The zero-order valence-corrected chi connectivity index (χ0v) is 16.2. The van der Waals surface area contributed by atoms with E-state index in [1.54, 1.807) is 11.1 Å². The van der Waals surface area contributed by atoms with Gasteiger partial charge in [0.2, 0.25) is 5.91 Å². The van der Waals surface area contributed by atoms with Crippen molar-refractivity contribution in [2.24, 2.45) is 0 Å². The van der Waals surface area contributed by atoms with E-state index in [2.05, 4.69) is 9.72 Å². The van der Waals surface area contributed by atoms with Gasteiger partial charge < -0.3 is 19.1 Å². The molecule has 0 aliphatic carbocycles. The van der Waals surface area contributed by atoms with Gasteiger partial charge in [-0.15, -0.1) is 24.5 Å². The predicted octanol–water partition coefficient (Wildman–Crippen LogP) is 3.62. The molecule has 1 spiro atoms. The van der Waals surface area contributed by atoms with Crippen LogP contribution >= 0.6 is 11.3 Å². The number of rotatable bonds is 4. The average Bonchev–Trinajstić information content (AvgIpc) is 3.32. The third kappa shape index (κ3) is 4.88. The van der Waals surface area contributed by atoms with Crippen molar-refractivity contribution in [3.05, 3.63) is 35.3 Å². The number of alkyl halides is 3. The highest BCUT2D eigenvalue weighted by Crippen LogP contribution is 2.32. The highest BCUT2D eigenvalue weighted by Gasteiger charge is 2.40. The monoisotopic (exact) mass is 428 g/mol. The second kappa shape index (κ2) is 7.92. The number of hydrogen-bond donors (Lipinski definition) is 0. The Labute approximate surface area is 169 Å². The van der Waals surface area contributed by atoms with E-state index in [-0.39, 0.29) is 18.1 Å². The van der Waals surface area contributed by atoms with Gasteiger partial charge >= 0.3 is 6.36 Å². The summed E-state index contributed by atoms with van der Waals surface area (Å²) in [5.74, 6) is -0.788. The summed E-state index contributed by atoms with van der Waals surface area (Å²) in [6.45, 7) is 2.37. The van der Waals surface area contributed by atoms with E-state index in [1.165, 1.54) is 35.6 Å². The van der Waals surface area contributed by atoms with Gasteiger partial charge in [-0.1, -0.05) is 0 Å². The van der Waals surface area contributed by atoms with E-state index in [9.17, 15) is 18.0 Å². The molecule has 0 atom stereocenters. The number of thiazole rings is 1. The molecule has 156 valence electrons. The van der Waals surface area contributed by atoms with Gasteiger partial charge in [0.15, 0.2) is 5.79 Å². The van der Waals surface area contributed by atoms with Gasteiger partial charge in [-0.3, -0.25) is 4.79 Å². The number of piperidine rings is 1. The number of nitrogens with zero attached hydrogens (tertiary/aromatic N) is 2. The summed E-state index contributed by atoms with van der Waals surface area (Å²) < 4.78 is 52.0. The average molecular weight is 428 g/mol. The molecule has 1 amide bonds. The molecule has 29 heavy (non-hydrogen) atoms. The summed E-state index contributed by atoms with van der Waals surface area (Å²) in [6.07, 6.45) is -1.52. The van der Waals surface area contributed by atoms with Crippen molar-refractivity contribution in [3.63, 3.8) is 0 Å². The molecule has 2 aliphatic rings. The van der Waals surface area contributed by atoms with Gasteiger partial charge in [0, 0.05) is 42.6 Å². The summed E-state index contributed by atoms with van der Waals surface area (Å²) in [6, 6.07) is 5.51. The molecule has 0 saturated carbocycles. The van der Waals surface area contributed by atoms with Crippen LogP contribution in [0.2, 0.25) is 0 Å². The van der Waals surface area contributed by atoms with Crippen molar-refractivity contribution in [1.29, 1.82) is 0 Å². The molecule has 0 radical (unpaired) electrons. The van der Waals surface area contributed by atoms with Crippen LogP contribution in [0.15, 0.2) is 30.5 Å². The van der Waals surface area contributed by atoms with Crippen molar-refractivity contribution >= 4 is 17.2 Å². The molecule has 0 N–H and O–H groups in total. The maximum Gasteiger partial charge on any atom is 0.573 e. The Morgan fingerprint density at radius 3 is 2.45 bits per heavy atom. The normalized spacial score (nSPS) is 18.9. The SMILES string of the molecule is O=C(Cc1cnc(-c2ccc(OC(F)(F)F)cc2)s1)N1CCC2(CC1)OCCO2. The standard InChI is InChI=1S/C19H19F3N2O4S/c20-19(21,22)28-14-3-1-13(2-4-14)17-23-12-15(29-17)11-16(25)24-7-5-18(6-8-24)26-9-10-27-18/h1-4,12H,5-11H2. The maximum atomic E-state index is 12.6. The van der Waals surface area contributed by atoms with E-state index >= 15 is 0 Å². The van der Waals surface area contributed by atoms with Crippen LogP contribution in [-0.4, -0.2) is 54.2 Å². The summed E-state index contributed by atoms with van der Waals surface area (Å²) >= 11 is 1.35. The van der Waals surface area contributed by atoms with Crippen molar-refractivity contribution in [2.45, 2.75) is 31.4 Å². The number of amides is 1. The van der Waals surface area contributed by atoms with Crippen molar-refractivity contribution < 1.29 is 32.2 Å². The predicted molar refractivity (Wildman–Crippen MR) is 98.4 cm³/mol. The molecule has 2 fully saturated rings. The van der Waals surface area contributed by atoms with Crippen LogP contribution in [0.4, 0.5) is 13.2 Å². The number of ether oxygens (including phenoxy) is 3. The summed E-state index contributed by atoms with van der Waals surface area (Å²) in [7, 11) is 0. The van der Waals surface area contributed by atoms with Crippen molar-refractivity contribution in [3.8, 4) is 16.3 Å². The summed E-state index contributed by atoms with van der Waals surface area (Å²) in [4.78, 5) is 19.5. The molecule has 3 heterocycles. The van der Waals surface area contributed by atoms with Crippen molar-refractivity contribution in [1.82, 2.24) is 9.88 Å². The molecular formula is C19H19F3N2O4S. The lowest BCUT2D eigenvalue weighted by Crippen LogP contribution is -2.47. The number of hydrogen-bond acceptors (Lipinski definition) is 6. The van der Waals surface area contributed by atoms with Gasteiger partial charge in [-0.05, 0) is 24.3 Å². The van der Waals surface area contributed by atoms with Crippen LogP contribution < -0.4 is 4.74 Å². The van der Waals surface area contributed by atoms with E-state index < -0.39 is 12.1 Å². The van der Waals surface area contributed by atoms with Crippen LogP contribution in [0.3, 0.4) is 0 Å². The van der Waals surface area contributed by atoms with E-state index in [0.29, 0.717) is 49.7 Å². The smallest absolute Gasteiger partial charge is 0.406 e. The van der Waals surface area contributed by atoms with Crippen LogP contribution in [0.1, 0.15) is 17.7 Å². The molecule has 1 aromatic carbocycles. The molecule has 0 bridgehead atoms. The third-order valence-corrected chi connectivity index (χ3v) is 5.95. The number of aromatic nitrogens is 1. The number of carbonyl (C=O) groups is 1. The zero-order valence-electron chi connectivity index (χ0n) is 15.4. The fraction of sp³-hybridized carbons (Fsp3) is 0.474. The Kier molecular flexibility index (Phi) is 5.50. The lowest BCUT2D eigenvalue weighted by molar-refractivity contribution is -0.274. The fourth-order valence-electron chi connectivity index (χ4n) is 3.47. The van der Waals surface area contributed by atoms with Crippen LogP contribution in [0.5, 0.6) is 5.75 Å². The minimum atomic E-state index is -4.72. The largest absolute Gasteiger partial charge is 0.573 e. The minimum Gasteiger partial charge on any atom is -0.406 e. The topological polar surface area (TPSA) is 60.9 Å². The molecule has 2 aliphatic heterocycles. The highest BCUT2D eigenvalue weighted by atomic mass is 32.1. The Morgan fingerprint density at radius 2 is 1.83 bits per heavy atom. The molecule has 1 aromatic heterocycles. The van der Waals surface area contributed by atoms with E-state index in [1.807, 2.05) is 0 Å². The number of benzene rings is 1. The molecule has 6 nitrogen and oxygen atoms in total. The van der Waals surface area contributed by atoms with Crippen molar-refractivity contribution in [2.75, 3.05) is 26.3 Å². The number of halogens is 3. The van der Waals surface area contributed by atoms with E-state index in [4.69, 9.17) is 9.47 Å². The molecule has 2 aromatic rings. The summed E-state index contributed by atoms with van der Waals surface area (Å²) in [5, 5.41) is 0.636. The molecular weight excluding hydrogens is 409 g/mol. The zero-order chi connectivity index (χ0) is 20.5. The van der Waals surface area contributed by atoms with Gasteiger partial charge in [-0.2, -0.15) is 0 Å². The first kappa shape index (κ1) is 20.1. The lowest BCUT2D eigenvalue weighted by atomic mass is 10.0. The first-order chi connectivity index (χ1) is 13.8. The Morgan fingerprint density at radius 1 is 1.17 bits per heavy atom. The molecule has 4 rings (SSSR count). The lowest BCUT2D eigenvalue weighted by Gasteiger charge is -2.37.